The zero-order valence-corrected chi connectivity index (χ0v) is 13.1. The standard InChI is InChI=1S/C17H19NO2S/c1-3-5-17(19)18-13-8-10-15(11-9-13)21-16-7-4-6-14(12-16)20-2/h4,6-12H,3,5H2,1-2H3,(H,18,19). The number of anilines is 1. The molecule has 0 aromatic heterocycles. The molecule has 3 nitrogen and oxygen atoms in total. The SMILES string of the molecule is CCCC(=O)Nc1ccc(Sc2cccc(OC)c2)cc1. The minimum atomic E-state index is 0.0608. The molecule has 0 aliphatic carbocycles. The van der Waals surface area contributed by atoms with Crippen LogP contribution in [-0.2, 0) is 4.79 Å². The zero-order chi connectivity index (χ0) is 15.1. The van der Waals surface area contributed by atoms with E-state index in [1.807, 2.05) is 55.5 Å². The molecular formula is C17H19NO2S. The lowest BCUT2D eigenvalue weighted by Gasteiger charge is -2.07. The van der Waals surface area contributed by atoms with Crippen LogP contribution in [0.5, 0.6) is 5.75 Å². The van der Waals surface area contributed by atoms with Crippen LogP contribution in [0.4, 0.5) is 5.69 Å². The summed E-state index contributed by atoms with van der Waals surface area (Å²) < 4.78 is 5.22. The molecule has 0 atom stereocenters. The molecule has 0 aliphatic rings. The number of methoxy groups -OCH3 is 1. The number of carbonyl (C=O) groups is 1. The summed E-state index contributed by atoms with van der Waals surface area (Å²) in [6.45, 7) is 1.99. The second-order valence-corrected chi connectivity index (χ2v) is 5.75. The molecule has 0 saturated heterocycles. The van der Waals surface area contributed by atoms with Crippen LogP contribution in [0.2, 0.25) is 0 Å². The molecule has 0 radical (unpaired) electrons. The number of rotatable bonds is 6. The highest BCUT2D eigenvalue weighted by Crippen LogP contribution is 2.30. The van der Waals surface area contributed by atoms with Crippen LogP contribution >= 0.6 is 11.8 Å². The number of amides is 1. The Morgan fingerprint density at radius 2 is 1.90 bits per heavy atom. The van der Waals surface area contributed by atoms with Crippen molar-refractivity contribution in [3.05, 3.63) is 48.5 Å². The molecule has 1 N–H and O–H groups in total. The van der Waals surface area contributed by atoms with E-state index in [9.17, 15) is 4.79 Å². The summed E-state index contributed by atoms with van der Waals surface area (Å²) in [5.41, 5.74) is 0.837. The maximum atomic E-state index is 11.5. The third-order valence-corrected chi connectivity index (χ3v) is 3.89. The molecule has 110 valence electrons. The van der Waals surface area contributed by atoms with Crippen molar-refractivity contribution in [1.29, 1.82) is 0 Å². The summed E-state index contributed by atoms with van der Waals surface area (Å²) in [5, 5.41) is 2.88. The first-order valence-electron chi connectivity index (χ1n) is 6.93. The quantitative estimate of drug-likeness (QED) is 0.848. The summed E-state index contributed by atoms with van der Waals surface area (Å²) >= 11 is 1.66. The van der Waals surface area contributed by atoms with Crippen LogP contribution in [0, 0.1) is 0 Å². The average molecular weight is 301 g/mol. The molecule has 0 bridgehead atoms. The number of nitrogens with one attached hydrogen (secondary N) is 1. The number of benzene rings is 2. The van der Waals surface area contributed by atoms with Gasteiger partial charge in [-0.2, -0.15) is 0 Å². The van der Waals surface area contributed by atoms with Gasteiger partial charge in [0.05, 0.1) is 7.11 Å². The van der Waals surface area contributed by atoms with E-state index in [1.165, 1.54) is 0 Å². The van der Waals surface area contributed by atoms with Gasteiger partial charge in [0.1, 0.15) is 5.75 Å². The predicted molar refractivity (Wildman–Crippen MR) is 87.1 cm³/mol. The highest BCUT2D eigenvalue weighted by atomic mass is 32.2. The van der Waals surface area contributed by atoms with Crippen molar-refractivity contribution in [3.8, 4) is 5.75 Å². The molecule has 0 saturated carbocycles. The Kier molecular flexibility index (Phi) is 5.69. The highest BCUT2D eigenvalue weighted by Gasteiger charge is 2.02. The lowest BCUT2D eigenvalue weighted by molar-refractivity contribution is -0.116. The van der Waals surface area contributed by atoms with E-state index in [0.717, 1.165) is 27.6 Å². The van der Waals surface area contributed by atoms with Gasteiger partial charge in [0, 0.05) is 21.9 Å². The third kappa shape index (κ3) is 4.83. The van der Waals surface area contributed by atoms with Crippen molar-refractivity contribution in [3.63, 3.8) is 0 Å². The Balaban J connectivity index is 2.00. The summed E-state index contributed by atoms with van der Waals surface area (Å²) in [4.78, 5) is 13.8. The lowest BCUT2D eigenvalue weighted by Crippen LogP contribution is -2.10. The first kappa shape index (κ1) is 15.4. The van der Waals surface area contributed by atoms with Crippen molar-refractivity contribution in [1.82, 2.24) is 0 Å². The van der Waals surface area contributed by atoms with E-state index < -0.39 is 0 Å². The van der Waals surface area contributed by atoms with E-state index >= 15 is 0 Å². The Bertz CT molecular complexity index is 596. The molecule has 0 heterocycles. The minimum absolute atomic E-state index is 0.0608. The fourth-order valence-electron chi connectivity index (χ4n) is 1.86. The lowest BCUT2D eigenvalue weighted by atomic mass is 10.3. The van der Waals surface area contributed by atoms with Gasteiger partial charge in [0.15, 0.2) is 0 Å². The fraction of sp³-hybridized carbons (Fsp3) is 0.235. The normalized spacial score (nSPS) is 10.2. The van der Waals surface area contributed by atoms with Crippen LogP contribution < -0.4 is 10.1 Å². The van der Waals surface area contributed by atoms with Gasteiger partial charge in [-0.25, -0.2) is 0 Å². The van der Waals surface area contributed by atoms with E-state index in [1.54, 1.807) is 18.9 Å². The van der Waals surface area contributed by atoms with Crippen molar-refractivity contribution >= 4 is 23.4 Å². The molecule has 2 aromatic carbocycles. The number of hydrogen-bond donors (Lipinski definition) is 1. The summed E-state index contributed by atoms with van der Waals surface area (Å²) in [7, 11) is 1.66. The van der Waals surface area contributed by atoms with Gasteiger partial charge in [-0.3, -0.25) is 4.79 Å². The largest absolute Gasteiger partial charge is 0.497 e. The van der Waals surface area contributed by atoms with E-state index in [0.29, 0.717) is 6.42 Å². The monoisotopic (exact) mass is 301 g/mol. The van der Waals surface area contributed by atoms with E-state index in [4.69, 9.17) is 4.74 Å². The Morgan fingerprint density at radius 1 is 1.14 bits per heavy atom. The zero-order valence-electron chi connectivity index (χ0n) is 12.3. The van der Waals surface area contributed by atoms with E-state index in [-0.39, 0.29) is 5.91 Å². The Morgan fingerprint density at radius 3 is 2.57 bits per heavy atom. The molecular weight excluding hydrogens is 282 g/mol. The van der Waals surface area contributed by atoms with Crippen LogP contribution in [0.25, 0.3) is 0 Å². The third-order valence-electron chi connectivity index (χ3n) is 2.89. The van der Waals surface area contributed by atoms with Crippen LogP contribution in [0.1, 0.15) is 19.8 Å². The van der Waals surface area contributed by atoms with Gasteiger partial charge >= 0.3 is 0 Å². The summed E-state index contributed by atoms with van der Waals surface area (Å²) in [6.07, 6.45) is 1.41. The van der Waals surface area contributed by atoms with Crippen molar-refractivity contribution in [2.45, 2.75) is 29.6 Å². The highest BCUT2D eigenvalue weighted by molar-refractivity contribution is 7.99. The van der Waals surface area contributed by atoms with Crippen LogP contribution in [0.15, 0.2) is 58.3 Å². The minimum Gasteiger partial charge on any atom is -0.497 e. The fourth-order valence-corrected chi connectivity index (χ4v) is 2.72. The smallest absolute Gasteiger partial charge is 0.224 e. The maximum absolute atomic E-state index is 11.5. The molecule has 2 rings (SSSR count). The van der Waals surface area contributed by atoms with Crippen LogP contribution in [0.3, 0.4) is 0 Å². The number of hydrogen-bond acceptors (Lipinski definition) is 3. The molecule has 0 spiro atoms. The van der Waals surface area contributed by atoms with Gasteiger partial charge in [-0.05, 0) is 48.9 Å². The van der Waals surface area contributed by atoms with Crippen LogP contribution in [-0.4, -0.2) is 13.0 Å². The second-order valence-electron chi connectivity index (χ2n) is 4.60. The Labute approximate surface area is 129 Å². The second kappa shape index (κ2) is 7.74. The van der Waals surface area contributed by atoms with Crippen molar-refractivity contribution in [2.24, 2.45) is 0 Å². The van der Waals surface area contributed by atoms with Gasteiger partial charge in [-0.15, -0.1) is 0 Å². The topological polar surface area (TPSA) is 38.3 Å². The molecule has 21 heavy (non-hydrogen) atoms. The average Bonchev–Trinajstić information content (AvgIpc) is 2.50. The predicted octanol–water partition coefficient (Wildman–Crippen LogP) is 4.59. The molecule has 0 aliphatic heterocycles. The van der Waals surface area contributed by atoms with Gasteiger partial charge in [0.25, 0.3) is 0 Å². The summed E-state index contributed by atoms with van der Waals surface area (Å²) in [5.74, 6) is 0.911. The molecule has 0 unspecified atom stereocenters. The molecule has 4 heteroatoms. The van der Waals surface area contributed by atoms with Crippen molar-refractivity contribution < 1.29 is 9.53 Å². The molecule has 1 amide bonds. The maximum Gasteiger partial charge on any atom is 0.224 e. The number of carbonyl (C=O) groups excluding carboxylic acids is 1. The van der Waals surface area contributed by atoms with Crippen molar-refractivity contribution in [2.75, 3.05) is 12.4 Å². The number of ether oxygens (including phenoxy) is 1. The first-order chi connectivity index (χ1) is 10.2. The Hall–Kier alpha value is -1.94. The van der Waals surface area contributed by atoms with E-state index in [2.05, 4.69) is 5.32 Å². The first-order valence-corrected chi connectivity index (χ1v) is 7.74. The summed E-state index contributed by atoms with van der Waals surface area (Å²) in [6, 6.07) is 15.8. The molecule has 2 aromatic rings. The van der Waals surface area contributed by atoms with Gasteiger partial charge < -0.3 is 10.1 Å². The van der Waals surface area contributed by atoms with Gasteiger partial charge in [0.2, 0.25) is 5.91 Å². The molecule has 0 fully saturated rings. The van der Waals surface area contributed by atoms with Gasteiger partial charge in [-0.1, -0.05) is 24.8 Å².